The first kappa shape index (κ1) is 13.5. The van der Waals surface area contributed by atoms with Crippen molar-refractivity contribution in [1.29, 1.82) is 0 Å². The molecule has 0 atom stereocenters. The maximum Gasteiger partial charge on any atom is 0.255 e. The number of hydrogen-bond acceptors (Lipinski definition) is 2. The van der Waals surface area contributed by atoms with Gasteiger partial charge < -0.3 is 11.1 Å². The molecular formula is C14H12BrFN2O. The minimum absolute atomic E-state index is 0.124. The van der Waals surface area contributed by atoms with E-state index in [1.807, 2.05) is 6.92 Å². The van der Waals surface area contributed by atoms with Gasteiger partial charge in [0.25, 0.3) is 5.91 Å². The van der Waals surface area contributed by atoms with Gasteiger partial charge in [-0.2, -0.15) is 0 Å². The summed E-state index contributed by atoms with van der Waals surface area (Å²) in [5, 5.41) is 2.51. The average Bonchev–Trinajstić information content (AvgIpc) is 2.37. The van der Waals surface area contributed by atoms with E-state index < -0.39 is 11.7 Å². The maximum absolute atomic E-state index is 13.5. The smallest absolute Gasteiger partial charge is 0.255 e. The molecule has 2 aromatic rings. The monoisotopic (exact) mass is 322 g/mol. The summed E-state index contributed by atoms with van der Waals surface area (Å²) in [4.78, 5) is 12.0. The number of nitrogens with one attached hydrogen (secondary N) is 1. The van der Waals surface area contributed by atoms with E-state index in [1.165, 1.54) is 12.1 Å². The van der Waals surface area contributed by atoms with E-state index >= 15 is 0 Å². The molecule has 2 rings (SSSR count). The van der Waals surface area contributed by atoms with Crippen LogP contribution in [0.4, 0.5) is 15.8 Å². The first-order chi connectivity index (χ1) is 8.97. The number of amides is 1. The summed E-state index contributed by atoms with van der Waals surface area (Å²) in [6.45, 7) is 1.85. The van der Waals surface area contributed by atoms with E-state index in [9.17, 15) is 9.18 Å². The summed E-state index contributed by atoms with van der Waals surface area (Å²) < 4.78 is 14.2. The van der Waals surface area contributed by atoms with E-state index in [1.54, 1.807) is 24.3 Å². The molecule has 0 bridgehead atoms. The number of nitrogens with two attached hydrogens (primary N) is 1. The van der Waals surface area contributed by atoms with E-state index in [4.69, 9.17) is 5.73 Å². The molecule has 19 heavy (non-hydrogen) atoms. The van der Waals surface area contributed by atoms with Gasteiger partial charge in [0.15, 0.2) is 0 Å². The van der Waals surface area contributed by atoms with Gasteiger partial charge in [-0.15, -0.1) is 0 Å². The Morgan fingerprint density at radius 3 is 2.68 bits per heavy atom. The predicted molar refractivity (Wildman–Crippen MR) is 77.6 cm³/mol. The molecule has 0 heterocycles. The molecule has 0 aromatic heterocycles. The summed E-state index contributed by atoms with van der Waals surface area (Å²) in [6, 6.07) is 9.32. The number of benzene rings is 2. The molecular weight excluding hydrogens is 311 g/mol. The minimum atomic E-state index is -0.489. The van der Waals surface area contributed by atoms with Gasteiger partial charge >= 0.3 is 0 Å². The van der Waals surface area contributed by atoms with Crippen LogP contribution in [0.1, 0.15) is 15.9 Å². The van der Waals surface area contributed by atoms with Crippen LogP contribution in [0, 0.1) is 12.7 Å². The lowest BCUT2D eigenvalue weighted by Gasteiger charge is -2.08. The molecule has 2 aromatic carbocycles. The molecule has 0 unspecified atom stereocenters. The Labute approximate surface area is 118 Å². The lowest BCUT2D eigenvalue weighted by molar-refractivity contribution is 0.102. The van der Waals surface area contributed by atoms with Gasteiger partial charge in [-0.1, -0.05) is 22.0 Å². The zero-order chi connectivity index (χ0) is 14.0. The molecule has 5 heteroatoms. The van der Waals surface area contributed by atoms with Crippen molar-refractivity contribution in [3.05, 3.63) is 57.8 Å². The van der Waals surface area contributed by atoms with Gasteiger partial charge in [0.05, 0.1) is 5.69 Å². The van der Waals surface area contributed by atoms with Crippen molar-refractivity contribution < 1.29 is 9.18 Å². The number of anilines is 2. The zero-order valence-corrected chi connectivity index (χ0v) is 11.8. The van der Waals surface area contributed by atoms with Crippen LogP contribution < -0.4 is 11.1 Å². The molecule has 0 aliphatic rings. The number of halogens is 2. The van der Waals surface area contributed by atoms with Crippen molar-refractivity contribution in [2.24, 2.45) is 0 Å². The molecule has 0 radical (unpaired) electrons. The largest absolute Gasteiger partial charge is 0.398 e. The number of nitrogen functional groups attached to an aromatic ring is 1. The number of hydrogen-bond donors (Lipinski definition) is 2. The Morgan fingerprint density at radius 1 is 1.26 bits per heavy atom. The van der Waals surface area contributed by atoms with Crippen LogP contribution in [0.3, 0.4) is 0 Å². The number of carbonyl (C=O) groups is 1. The van der Waals surface area contributed by atoms with Gasteiger partial charge in [-0.25, -0.2) is 4.39 Å². The van der Waals surface area contributed by atoms with Gasteiger partial charge in [0.1, 0.15) is 5.82 Å². The van der Waals surface area contributed by atoms with Crippen LogP contribution in [0.15, 0.2) is 40.9 Å². The third-order valence-corrected chi connectivity index (χ3v) is 3.21. The number of carbonyl (C=O) groups excluding carboxylic acids is 1. The molecule has 0 saturated heterocycles. The Hall–Kier alpha value is -1.88. The topological polar surface area (TPSA) is 55.1 Å². The molecule has 0 aliphatic carbocycles. The first-order valence-electron chi connectivity index (χ1n) is 5.60. The summed E-state index contributed by atoms with van der Waals surface area (Å²) >= 11 is 3.23. The van der Waals surface area contributed by atoms with Crippen molar-refractivity contribution in [3.8, 4) is 0 Å². The fourth-order valence-electron chi connectivity index (χ4n) is 1.57. The Morgan fingerprint density at radius 2 is 2.00 bits per heavy atom. The van der Waals surface area contributed by atoms with Gasteiger partial charge in [0.2, 0.25) is 0 Å². The van der Waals surface area contributed by atoms with Crippen LogP contribution in [-0.4, -0.2) is 5.91 Å². The van der Waals surface area contributed by atoms with E-state index in [-0.39, 0.29) is 5.69 Å². The summed E-state index contributed by atoms with van der Waals surface area (Å²) in [5.74, 6) is -0.889. The SMILES string of the molecule is Cc1ccc(C(=O)Nc2cc(Br)ccc2F)cc1N. The normalized spacial score (nSPS) is 10.3. The molecule has 3 N–H and O–H groups in total. The van der Waals surface area contributed by atoms with Gasteiger partial charge in [-0.3, -0.25) is 4.79 Å². The highest BCUT2D eigenvalue weighted by Crippen LogP contribution is 2.21. The highest BCUT2D eigenvalue weighted by molar-refractivity contribution is 9.10. The van der Waals surface area contributed by atoms with Crippen molar-refractivity contribution in [2.45, 2.75) is 6.92 Å². The second kappa shape index (κ2) is 5.40. The molecule has 0 spiro atoms. The van der Waals surface area contributed by atoms with Crippen LogP contribution in [0.25, 0.3) is 0 Å². The molecule has 3 nitrogen and oxygen atoms in total. The minimum Gasteiger partial charge on any atom is -0.398 e. The van der Waals surface area contributed by atoms with E-state index in [2.05, 4.69) is 21.2 Å². The van der Waals surface area contributed by atoms with Crippen molar-refractivity contribution >= 4 is 33.2 Å². The van der Waals surface area contributed by atoms with Crippen LogP contribution in [0.2, 0.25) is 0 Å². The Kier molecular flexibility index (Phi) is 3.85. The van der Waals surface area contributed by atoms with Crippen LogP contribution in [0.5, 0.6) is 0 Å². The fourth-order valence-corrected chi connectivity index (χ4v) is 1.93. The third kappa shape index (κ3) is 3.12. The highest BCUT2D eigenvalue weighted by Gasteiger charge is 2.10. The average molecular weight is 323 g/mol. The predicted octanol–water partition coefficient (Wildman–Crippen LogP) is 3.73. The van der Waals surface area contributed by atoms with Crippen molar-refractivity contribution in [1.82, 2.24) is 0 Å². The molecule has 0 fully saturated rings. The molecule has 0 aliphatic heterocycles. The van der Waals surface area contributed by atoms with Gasteiger partial charge in [-0.05, 0) is 42.8 Å². The highest BCUT2D eigenvalue weighted by atomic mass is 79.9. The van der Waals surface area contributed by atoms with Gasteiger partial charge in [0, 0.05) is 15.7 Å². The Bertz CT molecular complexity index is 643. The zero-order valence-electron chi connectivity index (χ0n) is 10.2. The van der Waals surface area contributed by atoms with Crippen LogP contribution >= 0.6 is 15.9 Å². The third-order valence-electron chi connectivity index (χ3n) is 2.72. The van der Waals surface area contributed by atoms with E-state index in [0.717, 1.165) is 5.56 Å². The first-order valence-corrected chi connectivity index (χ1v) is 6.39. The summed E-state index contributed by atoms with van der Waals surface area (Å²) in [7, 11) is 0. The second-order valence-electron chi connectivity index (χ2n) is 4.15. The van der Waals surface area contributed by atoms with Crippen molar-refractivity contribution in [2.75, 3.05) is 11.1 Å². The summed E-state index contributed by atoms with van der Waals surface area (Å²) in [6.07, 6.45) is 0. The standard InChI is InChI=1S/C14H12BrFN2O/c1-8-2-3-9(6-12(8)17)14(19)18-13-7-10(15)4-5-11(13)16/h2-7H,17H2,1H3,(H,18,19). The molecule has 1 amide bonds. The molecule has 0 saturated carbocycles. The van der Waals surface area contributed by atoms with Crippen molar-refractivity contribution in [3.63, 3.8) is 0 Å². The Balaban J connectivity index is 2.25. The second-order valence-corrected chi connectivity index (χ2v) is 5.07. The van der Waals surface area contributed by atoms with E-state index in [0.29, 0.717) is 15.7 Å². The quantitative estimate of drug-likeness (QED) is 0.828. The van der Waals surface area contributed by atoms with Crippen LogP contribution in [-0.2, 0) is 0 Å². The number of aryl methyl sites for hydroxylation is 1. The lowest BCUT2D eigenvalue weighted by atomic mass is 10.1. The molecule has 98 valence electrons. The number of rotatable bonds is 2. The maximum atomic E-state index is 13.5. The fraction of sp³-hybridized carbons (Fsp3) is 0.0714. The lowest BCUT2D eigenvalue weighted by Crippen LogP contribution is -2.13. The summed E-state index contributed by atoms with van der Waals surface area (Å²) in [5.41, 5.74) is 7.68.